The number of benzene rings is 3. The third kappa shape index (κ3) is 2.62. The Morgan fingerprint density at radius 3 is 2.74 bits per heavy atom. The van der Waals surface area contributed by atoms with E-state index in [-0.39, 0.29) is 11.7 Å². The number of nitrogens with one attached hydrogen (secondary N) is 3. The van der Waals surface area contributed by atoms with Gasteiger partial charge >= 0.3 is 0 Å². The molecule has 0 aliphatic carbocycles. The molecule has 6 heteroatoms. The summed E-state index contributed by atoms with van der Waals surface area (Å²) in [5, 5.41) is 12.0. The second-order valence-corrected chi connectivity index (χ2v) is 6.49. The number of aromatic nitrogens is 3. The summed E-state index contributed by atoms with van der Waals surface area (Å²) < 4.78 is 13.0. The van der Waals surface area contributed by atoms with Gasteiger partial charge in [0.1, 0.15) is 5.82 Å². The molecule has 5 rings (SSSR count). The molecule has 0 bridgehead atoms. The number of halogens is 1. The zero-order valence-electron chi connectivity index (χ0n) is 14.2. The molecular formula is C21H15FN4O. The summed E-state index contributed by atoms with van der Waals surface area (Å²) in [6, 6.07) is 15.6. The second kappa shape index (κ2) is 5.95. The number of fused-ring (bicyclic) bond motifs is 5. The summed E-state index contributed by atoms with van der Waals surface area (Å²) in [6.07, 6.45) is 1.89. The number of carbonyl (C=O) groups excluding carboxylic acids is 1. The highest BCUT2D eigenvalue weighted by molar-refractivity contribution is 6.16. The number of nitrogens with zero attached hydrogens (tertiary/aromatic N) is 1. The van der Waals surface area contributed by atoms with Gasteiger partial charge in [-0.3, -0.25) is 9.89 Å². The van der Waals surface area contributed by atoms with Gasteiger partial charge in [-0.1, -0.05) is 24.3 Å². The van der Waals surface area contributed by atoms with Crippen molar-refractivity contribution in [2.45, 2.75) is 6.54 Å². The third-order valence-corrected chi connectivity index (χ3v) is 4.78. The molecule has 0 aliphatic rings. The van der Waals surface area contributed by atoms with E-state index in [0.29, 0.717) is 12.1 Å². The Labute approximate surface area is 153 Å². The number of hydrogen-bond donors (Lipinski definition) is 3. The molecule has 3 N–H and O–H groups in total. The van der Waals surface area contributed by atoms with Crippen LogP contribution in [0.2, 0.25) is 0 Å². The maximum Gasteiger partial charge on any atom is 0.251 e. The predicted octanol–water partition coefficient (Wildman–Crippen LogP) is 4.27. The number of hydrogen-bond acceptors (Lipinski definition) is 2. The molecule has 0 spiro atoms. The monoisotopic (exact) mass is 358 g/mol. The maximum atomic E-state index is 13.0. The topological polar surface area (TPSA) is 73.6 Å². The van der Waals surface area contributed by atoms with Gasteiger partial charge in [-0.15, -0.1) is 0 Å². The zero-order valence-corrected chi connectivity index (χ0v) is 14.2. The lowest BCUT2D eigenvalue weighted by molar-refractivity contribution is 0.0951. The van der Waals surface area contributed by atoms with Crippen molar-refractivity contribution < 1.29 is 9.18 Å². The van der Waals surface area contributed by atoms with Gasteiger partial charge in [0, 0.05) is 34.5 Å². The van der Waals surface area contributed by atoms with Crippen LogP contribution in [0, 0.1) is 5.82 Å². The Hall–Kier alpha value is -3.67. The molecule has 0 fully saturated rings. The van der Waals surface area contributed by atoms with Crippen molar-refractivity contribution in [1.29, 1.82) is 0 Å². The van der Waals surface area contributed by atoms with E-state index < -0.39 is 0 Å². The van der Waals surface area contributed by atoms with Gasteiger partial charge in [-0.25, -0.2) is 9.37 Å². The number of carbonyl (C=O) groups is 1. The Bertz CT molecular complexity index is 1300. The molecule has 132 valence electrons. The summed E-state index contributed by atoms with van der Waals surface area (Å²) in [6.45, 7) is 0.343. The standard InChI is InChI=1S/C21H15FN4O/c22-15-5-1-12(2-6-15)10-23-21(27)13-4-8-18-17(9-13)16-7-3-14-11-24-26-19(14)20(16)25-18/h1-9,11,24,26H,10H2,(H,23,27). The minimum absolute atomic E-state index is 0.176. The SMILES string of the molecule is O=C(NCc1ccc(F)cc1)c1ccc2nc3c(ccc4c[nH][nH]c43)c2c1. The normalized spacial score (nSPS) is 11.4. The van der Waals surface area contributed by atoms with Crippen LogP contribution in [0.4, 0.5) is 4.39 Å². The Morgan fingerprint density at radius 1 is 1.04 bits per heavy atom. The fourth-order valence-corrected chi connectivity index (χ4v) is 3.38. The minimum atomic E-state index is -0.292. The van der Waals surface area contributed by atoms with Crippen molar-refractivity contribution in [1.82, 2.24) is 20.5 Å². The van der Waals surface area contributed by atoms with E-state index in [0.717, 1.165) is 38.3 Å². The van der Waals surface area contributed by atoms with Gasteiger partial charge in [0.05, 0.1) is 16.6 Å². The Balaban J connectivity index is 1.48. The van der Waals surface area contributed by atoms with E-state index in [2.05, 4.69) is 15.5 Å². The highest BCUT2D eigenvalue weighted by Gasteiger charge is 2.13. The molecule has 1 amide bonds. The van der Waals surface area contributed by atoms with Gasteiger partial charge in [0.15, 0.2) is 0 Å². The van der Waals surface area contributed by atoms with Crippen molar-refractivity contribution in [3.63, 3.8) is 0 Å². The molecule has 0 radical (unpaired) electrons. The van der Waals surface area contributed by atoms with Crippen LogP contribution in [-0.2, 0) is 6.54 Å². The summed E-state index contributed by atoms with van der Waals surface area (Å²) in [4.78, 5) is 17.2. The van der Waals surface area contributed by atoms with Crippen LogP contribution in [-0.4, -0.2) is 21.1 Å². The van der Waals surface area contributed by atoms with E-state index in [1.807, 2.05) is 30.5 Å². The highest BCUT2D eigenvalue weighted by Crippen LogP contribution is 2.30. The Kier molecular flexibility index (Phi) is 3.43. The molecule has 2 heterocycles. The molecule has 5 aromatic rings. The van der Waals surface area contributed by atoms with Crippen molar-refractivity contribution in [3.05, 3.63) is 77.7 Å². The van der Waals surface area contributed by atoms with E-state index in [1.165, 1.54) is 12.1 Å². The van der Waals surface area contributed by atoms with Crippen LogP contribution in [0.15, 0.2) is 60.8 Å². The first kappa shape index (κ1) is 15.6. The third-order valence-electron chi connectivity index (χ3n) is 4.78. The molecule has 5 nitrogen and oxygen atoms in total. The van der Waals surface area contributed by atoms with Crippen LogP contribution in [0.3, 0.4) is 0 Å². The van der Waals surface area contributed by atoms with Gasteiger partial charge < -0.3 is 10.4 Å². The van der Waals surface area contributed by atoms with Crippen LogP contribution >= 0.6 is 0 Å². The summed E-state index contributed by atoms with van der Waals surface area (Å²) in [5.74, 6) is -0.468. The number of H-pyrrole nitrogens is 2. The van der Waals surface area contributed by atoms with Crippen molar-refractivity contribution in [2.75, 3.05) is 0 Å². The quantitative estimate of drug-likeness (QED) is 0.451. The van der Waals surface area contributed by atoms with Gasteiger partial charge in [0.25, 0.3) is 5.91 Å². The first-order valence-corrected chi connectivity index (χ1v) is 8.59. The average Bonchev–Trinajstić information content (AvgIpc) is 3.30. The van der Waals surface area contributed by atoms with Gasteiger partial charge in [0.2, 0.25) is 0 Å². The largest absolute Gasteiger partial charge is 0.348 e. The molecule has 0 atom stereocenters. The van der Waals surface area contributed by atoms with Crippen LogP contribution < -0.4 is 5.32 Å². The van der Waals surface area contributed by atoms with Crippen LogP contribution in [0.5, 0.6) is 0 Å². The molecule has 0 saturated heterocycles. The molecular weight excluding hydrogens is 343 g/mol. The maximum absolute atomic E-state index is 13.0. The van der Waals surface area contributed by atoms with Gasteiger partial charge in [-0.2, -0.15) is 0 Å². The van der Waals surface area contributed by atoms with Gasteiger partial charge in [-0.05, 0) is 35.9 Å². The summed E-state index contributed by atoms with van der Waals surface area (Å²) in [7, 11) is 0. The van der Waals surface area contributed by atoms with Crippen LogP contribution in [0.1, 0.15) is 15.9 Å². The number of rotatable bonds is 3. The van der Waals surface area contributed by atoms with E-state index >= 15 is 0 Å². The second-order valence-electron chi connectivity index (χ2n) is 6.49. The average molecular weight is 358 g/mol. The predicted molar refractivity (Wildman–Crippen MR) is 103 cm³/mol. The van der Waals surface area contributed by atoms with Crippen molar-refractivity contribution >= 4 is 38.6 Å². The number of amides is 1. The smallest absolute Gasteiger partial charge is 0.251 e. The van der Waals surface area contributed by atoms with E-state index in [9.17, 15) is 9.18 Å². The first-order chi connectivity index (χ1) is 13.2. The van der Waals surface area contributed by atoms with E-state index in [1.54, 1.807) is 18.2 Å². The summed E-state index contributed by atoms with van der Waals surface area (Å²) in [5.41, 5.74) is 4.09. The molecule has 27 heavy (non-hydrogen) atoms. The lowest BCUT2D eigenvalue weighted by atomic mass is 10.1. The van der Waals surface area contributed by atoms with Crippen molar-refractivity contribution in [3.8, 4) is 0 Å². The fourth-order valence-electron chi connectivity index (χ4n) is 3.38. The zero-order chi connectivity index (χ0) is 18.4. The number of aromatic amines is 2. The molecule has 0 saturated carbocycles. The lowest BCUT2D eigenvalue weighted by Crippen LogP contribution is -2.22. The molecule has 0 unspecified atom stereocenters. The minimum Gasteiger partial charge on any atom is -0.348 e. The van der Waals surface area contributed by atoms with Crippen LogP contribution in [0.25, 0.3) is 32.7 Å². The molecule has 3 aromatic carbocycles. The molecule has 2 aromatic heterocycles. The van der Waals surface area contributed by atoms with E-state index in [4.69, 9.17) is 4.98 Å². The highest BCUT2D eigenvalue weighted by atomic mass is 19.1. The first-order valence-electron chi connectivity index (χ1n) is 8.59. The summed E-state index contributed by atoms with van der Waals surface area (Å²) >= 11 is 0. The van der Waals surface area contributed by atoms with Crippen molar-refractivity contribution in [2.24, 2.45) is 0 Å². The fraction of sp³-hybridized carbons (Fsp3) is 0.0476. The molecule has 0 aliphatic heterocycles. The Morgan fingerprint density at radius 2 is 1.89 bits per heavy atom. The lowest BCUT2D eigenvalue weighted by Gasteiger charge is -2.06.